The summed E-state index contributed by atoms with van der Waals surface area (Å²) in [6.07, 6.45) is 0. The van der Waals surface area contributed by atoms with Gasteiger partial charge in [-0.15, -0.1) is 11.3 Å². The van der Waals surface area contributed by atoms with Crippen LogP contribution in [0.3, 0.4) is 0 Å². The molecule has 0 bridgehead atoms. The Labute approximate surface area is 94.2 Å². The Kier molecular flexibility index (Phi) is 3.52. The van der Waals surface area contributed by atoms with Crippen LogP contribution < -0.4 is 5.73 Å². The Morgan fingerprint density at radius 1 is 1.53 bits per heavy atom. The van der Waals surface area contributed by atoms with E-state index in [1.165, 1.54) is 12.0 Å². The van der Waals surface area contributed by atoms with E-state index < -0.39 is 5.41 Å². The largest absolute Gasteiger partial charge is 0.469 e. The molecule has 1 aromatic heterocycles. The molecule has 15 heavy (non-hydrogen) atoms. The highest BCUT2D eigenvalue weighted by Crippen LogP contribution is 2.35. The van der Waals surface area contributed by atoms with Crippen LogP contribution in [0.4, 0.5) is 0 Å². The van der Waals surface area contributed by atoms with Gasteiger partial charge >= 0.3 is 5.97 Å². The summed E-state index contributed by atoms with van der Waals surface area (Å²) in [5.41, 5.74) is 5.38. The minimum Gasteiger partial charge on any atom is -0.469 e. The zero-order valence-electron chi connectivity index (χ0n) is 9.53. The van der Waals surface area contributed by atoms with Gasteiger partial charge in [0.25, 0.3) is 0 Å². The number of esters is 1. The lowest BCUT2D eigenvalue weighted by atomic mass is 9.84. The summed E-state index contributed by atoms with van der Waals surface area (Å²) in [6, 6.07) is 3.66. The SMILES string of the molecule is COC(=O)C(C)(C)[C@@H](N)c1ccc(C)s1. The maximum atomic E-state index is 11.6. The van der Waals surface area contributed by atoms with Crippen LogP contribution in [-0.2, 0) is 9.53 Å². The van der Waals surface area contributed by atoms with Crippen LogP contribution in [0.15, 0.2) is 12.1 Å². The lowest BCUT2D eigenvalue weighted by Crippen LogP contribution is -2.36. The molecule has 0 spiro atoms. The summed E-state index contributed by atoms with van der Waals surface area (Å²) in [4.78, 5) is 13.8. The number of ether oxygens (including phenoxy) is 1. The van der Waals surface area contributed by atoms with Gasteiger partial charge in [0, 0.05) is 9.75 Å². The fourth-order valence-electron chi connectivity index (χ4n) is 1.37. The van der Waals surface area contributed by atoms with Gasteiger partial charge in [0.15, 0.2) is 0 Å². The number of rotatable bonds is 3. The van der Waals surface area contributed by atoms with Crippen molar-refractivity contribution in [2.45, 2.75) is 26.8 Å². The summed E-state index contributed by atoms with van der Waals surface area (Å²) in [5, 5.41) is 0. The van der Waals surface area contributed by atoms with Crippen molar-refractivity contribution >= 4 is 17.3 Å². The second-order valence-electron chi connectivity index (χ2n) is 4.14. The summed E-state index contributed by atoms with van der Waals surface area (Å²) < 4.78 is 4.75. The summed E-state index contributed by atoms with van der Waals surface area (Å²) in [5.74, 6) is -0.277. The standard InChI is InChI=1S/C11H17NO2S/c1-7-5-6-8(15-7)9(12)11(2,3)10(13)14-4/h5-6,9H,12H2,1-4H3/t9-/m0/s1. The lowest BCUT2D eigenvalue weighted by molar-refractivity contribution is -0.152. The van der Waals surface area contributed by atoms with Gasteiger partial charge in [-0.25, -0.2) is 0 Å². The predicted octanol–water partition coefficient (Wildman–Crippen LogP) is 2.26. The van der Waals surface area contributed by atoms with Crippen LogP contribution in [0, 0.1) is 12.3 Å². The Balaban J connectivity index is 2.93. The number of nitrogens with two attached hydrogens (primary N) is 1. The normalized spacial score (nSPS) is 13.7. The Bertz CT molecular complexity index is 357. The van der Waals surface area contributed by atoms with Crippen molar-refractivity contribution in [2.24, 2.45) is 11.1 Å². The molecule has 0 radical (unpaired) electrons. The first-order valence-corrected chi connectivity index (χ1v) is 5.61. The van der Waals surface area contributed by atoms with E-state index in [4.69, 9.17) is 10.5 Å². The first-order chi connectivity index (χ1) is 6.89. The van der Waals surface area contributed by atoms with Crippen molar-refractivity contribution < 1.29 is 9.53 Å². The Hall–Kier alpha value is -0.870. The van der Waals surface area contributed by atoms with Gasteiger partial charge in [0.1, 0.15) is 0 Å². The van der Waals surface area contributed by atoms with Crippen LogP contribution >= 0.6 is 11.3 Å². The summed E-state index contributed by atoms with van der Waals surface area (Å²) >= 11 is 1.62. The van der Waals surface area contributed by atoms with Crippen LogP contribution in [0.5, 0.6) is 0 Å². The maximum absolute atomic E-state index is 11.6. The lowest BCUT2D eigenvalue weighted by Gasteiger charge is -2.27. The van der Waals surface area contributed by atoms with Gasteiger partial charge in [-0.1, -0.05) is 0 Å². The molecule has 84 valence electrons. The molecule has 2 N–H and O–H groups in total. The van der Waals surface area contributed by atoms with Gasteiger partial charge in [-0.2, -0.15) is 0 Å². The molecular formula is C11H17NO2S. The monoisotopic (exact) mass is 227 g/mol. The van der Waals surface area contributed by atoms with E-state index in [0.717, 1.165) is 4.88 Å². The molecule has 0 saturated carbocycles. The molecule has 1 atom stereocenters. The second-order valence-corrected chi connectivity index (χ2v) is 5.46. The predicted molar refractivity (Wildman–Crippen MR) is 61.8 cm³/mol. The molecular weight excluding hydrogens is 210 g/mol. The zero-order valence-corrected chi connectivity index (χ0v) is 10.4. The molecule has 0 aliphatic carbocycles. The van der Waals surface area contributed by atoms with E-state index in [9.17, 15) is 4.79 Å². The molecule has 0 amide bonds. The first-order valence-electron chi connectivity index (χ1n) is 4.80. The van der Waals surface area contributed by atoms with Gasteiger partial charge in [-0.3, -0.25) is 4.79 Å². The summed E-state index contributed by atoms with van der Waals surface area (Å²) in [7, 11) is 1.39. The van der Waals surface area contributed by atoms with Gasteiger partial charge < -0.3 is 10.5 Å². The average molecular weight is 227 g/mol. The summed E-state index contributed by atoms with van der Waals surface area (Å²) in [6.45, 7) is 5.63. The van der Waals surface area contributed by atoms with E-state index in [1.54, 1.807) is 25.2 Å². The smallest absolute Gasteiger partial charge is 0.313 e. The van der Waals surface area contributed by atoms with Crippen LogP contribution in [0.25, 0.3) is 0 Å². The van der Waals surface area contributed by atoms with Crippen molar-refractivity contribution in [3.05, 3.63) is 21.9 Å². The van der Waals surface area contributed by atoms with Crippen LogP contribution in [0.1, 0.15) is 29.6 Å². The fraction of sp³-hybridized carbons (Fsp3) is 0.545. The zero-order chi connectivity index (χ0) is 11.6. The van der Waals surface area contributed by atoms with E-state index in [-0.39, 0.29) is 12.0 Å². The third-order valence-corrected chi connectivity index (χ3v) is 3.64. The van der Waals surface area contributed by atoms with Crippen molar-refractivity contribution in [2.75, 3.05) is 7.11 Å². The number of methoxy groups -OCH3 is 1. The number of aryl methyl sites for hydroxylation is 1. The van der Waals surface area contributed by atoms with E-state index in [0.29, 0.717) is 0 Å². The molecule has 0 aromatic carbocycles. The highest BCUT2D eigenvalue weighted by atomic mass is 32.1. The number of hydrogen-bond acceptors (Lipinski definition) is 4. The molecule has 1 rings (SSSR count). The minimum atomic E-state index is -0.688. The number of thiophene rings is 1. The number of hydrogen-bond donors (Lipinski definition) is 1. The first kappa shape index (κ1) is 12.2. The molecule has 1 aromatic rings. The molecule has 3 nitrogen and oxygen atoms in total. The third-order valence-electron chi connectivity index (χ3n) is 2.56. The third kappa shape index (κ3) is 2.38. The van der Waals surface area contributed by atoms with E-state index in [2.05, 4.69) is 0 Å². The minimum absolute atomic E-state index is 0.277. The molecule has 1 heterocycles. The van der Waals surface area contributed by atoms with Gasteiger partial charge in [0.05, 0.1) is 18.6 Å². The van der Waals surface area contributed by atoms with Gasteiger partial charge in [-0.05, 0) is 32.9 Å². The second kappa shape index (κ2) is 4.33. The van der Waals surface area contributed by atoms with Crippen LogP contribution in [-0.4, -0.2) is 13.1 Å². The van der Waals surface area contributed by atoms with E-state index in [1.807, 2.05) is 19.1 Å². The fourth-order valence-corrected chi connectivity index (χ4v) is 2.43. The molecule has 4 heteroatoms. The van der Waals surface area contributed by atoms with Crippen molar-refractivity contribution in [1.82, 2.24) is 0 Å². The van der Waals surface area contributed by atoms with Crippen molar-refractivity contribution in [3.8, 4) is 0 Å². The molecule has 0 aliphatic rings. The van der Waals surface area contributed by atoms with Crippen LogP contribution in [0.2, 0.25) is 0 Å². The average Bonchev–Trinajstić information content (AvgIpc) is 2.62. The Morgan fingerprint density at radius 2 is 2.13 bits per heavy atom. The van der Waals surface area contributed by atoms with Gasteiger partial charge in [0.2, 0.25) is 0 Å². The van der Waals surface area contributed by atoms with Crippen molar-refractivity contribution in [1.29, 1.82) is 0 Å². The molecule has 0 unspecified atom stereocenters. The van der Waals surface area contributed by atoms with E-state index >= 15 is 0 Å². The molecule has 0 saturated heterocycles. The Morgan fingerprint density at radius 3 is 2.53 bits per heavy atom. The highest BCUT2D eigenvalue weighted by Gasteiger charge is 2.37. The number of carbonyl (C=O) groups excluding carboxylic acids is 1. The maximum Gasteiger partial charge on any atom is 0.313 e. The highest BCUT2D eigenvalue weighted by molar-refractivity contribution is 7.12. The number of carbonyl (C=O) groups is 1. The topological polar surface area (TPSA) is 52.3 Å². The quantitative estimate of drug-likeness (QED) is 0.806. The molecule has 0 fully saturated rings. The molecule has 0 aliphatic heterocycles. The van der Waals surface area contributed by atoms with Crippen molar-refractivity contribution in [3.63, 3.8) is 0 Å².